The third kappa shape index (κ3) is 4.38. The molecule has 5 heteroatoms. The first-order valence-electron chi connectivity index (χ1n) is 6.40. The molecule has 0 saturated heterocycles. The Morgan fingerprint density at radius 3 is 2.48 bits per heavy atom. The van der Waals surface area contributed by atoms with Crippen molar-refractivity contribution in [1.82, 2.24) is 0 Å². The number of aryl methyl sites for hydroxylation is 1. The van der Waals surface area contributed by atoms with Crippen molar-refractivity contribution in [2.75, 3.05) is 11.9 Å². The maximum absolute atomic E-state index is 11.9. The van der Waals surface area contributed by atoms with Gasteiger partial charge in [-0.1, -0.05) is 35.3 Å². The van der Waals surface area contributed by atoms with Gasteiger partial charge in [-0.25, -0.2) is 0 Å². The molecule has 0 unspecified atom stereocenters. The number of anilines is 1. The van der Waals surface area contributed by atoms with E-state index in [4.69, 9.17) is 27.9 Å². The van der Waals surface area contributed by atoms with E-state index >= 15 is 0 Å². The van der Waals surface area contributed by atoms with Gasteiger partial charge in [0, 0.05) is 15.7 Å². The van der Waals surface area contributed by atoms with Crippen molar-refractivity contribution in [2.45, 2.75) is 13.8 Å². The molecule has 0 fully saturated rings. The maximum Gasteiger partial charge on any atom is 0.262 e. The van der Waals surface area contributed by atoms with E-state index in [1.807, 2.05) is 32.0 Å². The minimum atomic E-state index is -0.236. The molecule has 21 heavy (non-hydrogen) atoms. The average molecular weight is 324 g/mol. The number of ether oxygens (including phenoxy) is 1. The second-order valence-electron chi connectivity index (χ2n) is 4.69. The number of benzene rings is 2. The third-order valence-electron chi connectivity index (χ3n) is 3.08. The van der Waals surface area contributed by atoms with Gasteiger partial charge in [-0.15, -0.1) is 0 Å². The molecule has 0 aliphatic rings. The molecule has 0 aromatic heterocycles. The highest BCUT2D eigenvalue weighted by atomic mass is 35.5. The Morgan fingerprint density at radius 2 is 1.81 bits per heavy atom. The van der Waals surface area contributed by atoms with Crippen LogP contribution in [0.1, 0.15) is 11.1 Å². The van der Waals surface area contributed by atoms with E-state index < -0.39 is 0 Å². The van der Waals surface area contributed by atoms with Gasteiger partial charge in [0.15, 0.2) is 6.61 Å². The van der Waals surface area contributed by atoms with E-state index in [0.29, 0.717) is 15.8 Å². The summed E-state index contributed by atoms with van der Waals surface area (Å²) in [5, 5.41) is 3.75. The summed E-state index contributed by atoms with van der Waals surface area (Å²) >= 11 is 11.7. The van der Waals surface area contributed by atoms with Crippen LogP contribution < -0.4 is 10.1 Å². The summed E-state index contributed by atoms with van der Waals surface area (Å²) in [4.78, 5) is 11.9. The Bertz CT molecular complexity index is 651. The lowest BCUT2D eigenvalue weighted by atomic mass is 10.1. The second-order valence-corrected chi connectivity index (χ2v) is 5.56. The predicted octanol–water partition coefficient (Wildman–Crippen LogP) is 4.63. The summed E-state index contributed by atoms with van der Waals surface area (Å²) in [6, 6.07) is 10.6. The van der Waals surface area contributed by atoms with Crippen LogP contribution in [0.15, 0.2) is 36.4 Å². The van der Waals surface area contributed by atoms with Crippen LogP contribution in [0.4, 0.5) is 5.69 Å². The molecule has 0 radical (unpaired) electrons. The van der Waals surface area contributed by atoms with Gasteiger partial charge < -0.3 is 10.1 Å². The zero-order valence-electron chi connectivity index (χ0n) is 11.7. The molecule has 0 bridgehead atoms. The molecule has 0 atom stereocenters. The first-order valence-corrected chi connectivity index (χ1v) is 7.16. The van der Waals surface area contributed by atoms with Crippen LogP contribution in [0.5, 0.6) is 5.75 Å². The van der Waals surface area contributed by atoms with Gasteiger partial charge in [0.2, 0.25) is 0 Å². The summed E-state index contributed by atoms with van der Waals surface area (Å²) < 4.78 is 5.39. The van der Waals surface area contributed by atoms with E-state index in [-0.39, 0.29) is 12.5 Å². The minimum absolute atomic E-state index is 0.107. The van der Waals surface area contributed by atoms with Crippen LogP contribution in [-0.2, 0) is 4.79 Å². The van der Waals surface area contributed by atoms with Gasteiger partial charge in [0.05, 0.1) is 0 Å². The van der Waals surface area contributed by atoms with Gasteiger partial charge in [0.1, 0.15) is 5.75 Å². The minimum Gasteiger partial charge on any atom is -0.484 e. The Morgan fingerprint density at radius 1 is 1.14 bits per heavy atom. The molecule has 2 rings (SSSR count). The second kappa shape index (κ2) is 6.83. The molecule has 2 aromatic rings. The lowest BCUT2D eigenvalue weighted by Crippen LogP contribution is -2.20. The molecule has 1 amide bonds. The van der Waals surface area contributed by atoms with Gasteiger partial charge in [-0.2, -0.15) is 0 Å². The number of nitrogens with one attached hydrogen (secondary N) is 1. The Hall–Kier alpha value is -1.71. The van der Waals surface area contributed by atoms with Crippen molar-refractivity contribution in [3.8, 4) is 5.75 Å². The summed E-state index contributed by atoms with van der Waals surface area (Å²) in [6.45, 7) is 3.85. The number of rotatable bonds is 4. The maximum atomic E-state index is 11.9. The molecule has 0 aliphatic heterocycles. The largest absolute Gasteiger partial charge is 0.484 e. The number of hydrogen-bond acceptors (Lipinski definition) is 2. The first kappa shape index (κ1) is 15.7. The number of hydrogen-bond donors (Lipinski definition) is 1. The van der Waals surface area contributed by atoms with Crippen molar-refractivity contribution in [3.05, 3.63) is 57.6 Å². The lowest BCUT2D eigenvalue weighted by Gasteiger charge is -2.11. The molecule has 0 heterocycles. The number of carbonyl (C=O) groups is 1. The van der Waals surface area contributed by atoms with Crippen molar-refractivity contribution in [3.63, 3.8) is 0 Å². The zero-order chi connectivity index (χ0) is 15.4. The molecule has 2 aromatic carbocycles. The summed E-state index contributed by atoms with van der Waals surface area (Å²) in [6.07, 6.45) is 0. The van der Waals surface area contributed by atoms with Crippen LogP contribution in [0, 0.1) is 13.8 Å². The molecular weight excluding hydrogens is 309 g/mol. The Kier molecular flexibility index (Phi) is 5.10. The normalized spacial score (nSPS) is 10.3. The number of halogens is 2. The van der Waals surface area contributed by atoms with E-state index in [1.54, 1.807) is 18.2 Å². The van der Waals surface area contributed by atoms with Crippen molar-refractivity contribution >= 4 is 34.8 Å². The van der Waals surface area contributed by atoms with Crippen molar-refractivity contribution in [2.24, 2.45) is 0 Å². The highest BCUT2D eigenvalue weighted by Gasteiger charge is 2.07. The topological polar surface area (TPSA) is 38.3 Å². The molecule has 110 valence electrons. The monoisotopic (exact) mass is 323 g/mol. The standard InChI is InChI=1S/C16H15Cl2NO2/c1-10-4-3-5-15(11(10)2)19-16(20)9-21-14-7-12(17)6-13(18)8-14/h3-8H,9H2,1-2H3,(H,19,20). The lowest BCUT2D eigenvalue weighted by molar-refractivity contribution is -0.118. The fourth-order valence-electron chi connectivity index (χ4n) is 1.83. The first-order chi connectivity index (χ1) is 9.95. The van der Waals surface area contributed by atoms with Crippen molar-refractivity contribution < 1.29 is 9.53 Å². The fraction of sp³-hybridized carbons (Fsp3) is 0.188. The summed E-state index contributed by atoms with van der Waals surface area (Å²) in [5.41, 5.74) is 2.94. The molecule has 1 N–H and O–H groups in total. The van der Waals surface area contributed by atoms with E-state index in [9.17, 15) is 4.79 Å². The van der Waals surface area contributed by atoms with Crippen LogP contribution in [0.2, 0.25) is 10.0 Å². The fourth-order valence-corrected chi connectivity index (χ4v) is 2.34. The van der Waals surface area contributed by atoms with Crippen LogP contribution >= 0.6 is 23.2 Å². The molecule has 3 nitrogen and oxygen atoms in total. The van der Waals surface area contributed by atoms with Gasteiger partial charge in [-0.05, 0) is 49.2 Å². The highest BCUT2D eigenvalue weighted by molar-refractivity contribution is 6.34. The molecule has 0 aliphatic carbocycles. The zero-order valence-corrected chi connectivity index (χ0v) is 13.3. The summed E-state index contributed by atoms with van der Waals surface area (Å²) in [7, 11) is 0. The van der Waals surface area contributed by atoms with Crippen LogP contribution in [0.25, 0.3) is 0 Å². The van der Waals surface area contributed by atoms with Gasteiger partial charge >= 0.3 is 0 Å². The number of amides is 1. The van der Waals surface area contributed by atoms with E-state index in [0.717, 1.165) is 16.8 Å². The predicted molar refractivity (Wildman–Crippen MR) is 86.5 cm³/mol. The Balaban J connectivity index is 1.97. The van der Waals surface area contributed by atoms with Gasteiger partial charge in [-0.3, -0.25) is 4.79 Å². The quantitative estimate of drug-likeness (QED) is 0.890. The van der Waals surface area contributed by atoms with E-state index in [2.05, 4.69) is 5.32 Å². The molecule has 0 saturated carbocycles. The summed E-state index contributed by atoms with van der Waals surface area (Å²) in [5.74, 6) is 0.225. The SMILES string of the molecule is Cc1cccc(NC(=O)COc2cc(Cl)cc(Cl)c2)c1C. The Labute approximate surface area is 133 Å². The third-order valence-corrected chi connectivity index (χ3v) is 3.52. The molecular formula is C16H15Cl2NO2. The number of carbonyl (C=O) groups excluding carboxylic acids is 1. The van der Waals surface area contributed by atoms with E-state index in [1.165, 1.54) is 0 Å². The highest BCUT2D eigenvalue weighted by Crippen LogP contribution is 2.24. The average Bonchev–Trinajstić information content (AvgIpc) is 2.41. The smallest absolute Gasteiger partial charge is 0.262 e. The molecule has 0 spiro atoms. The van der Waals surface area contributed by atoms with Gasteiger partial charge in [0.25, 0.3) is 5.91 Å². The van der Waals surface area contributed by atoms with Crippen LogP contribution in [0.3, 0.4) is 0 Å². The van der Waals surface area contributed by atoms with Crippen LogP contribution in [-0.4, -0.2) is 12.5 Å². The van der Waals surface area contributed by atoms with Crippen molar-refractivity contribution in [1.29, 1.82) is 0 Å².